The standard InChI is InChI=1S/C13H15N5O/c14-7-10-8-18(17-16-10)12-6-5-9-3-1-2-4-11(9)15-13(12)19/h1-4,8,12H,5-7,14H2,(H,15,19). The molecule has 1 amide bonds. The van der Waals surface area contributed by atoms with E-state index in [0.29, 0.717) is 18.7 Å². The monoisotopic (exact) mass is 257 g/mol. The molecule has 3 N–H and O–H groups in total. The van der Waals surface area contributed by atoms with Gasteiger partial charge in [0.15, 0.2) is 0 Å². The summed E-state index contributed by atoms with van der Waals surface area (Å²) >= 11 is 0. The number of carbonyl (C=O) groups is 1. The highest BCUT2D eigenvalue weighted by Crippen LogP contribution is 2.26. The average molecular weight is 257 g/mol. The van der Waals surface area contributed by atoms with Gasteiger partial charge in [-0.15, -0.1) is 5.10 Å². The van der Waals surface area contributed by atoms with Crippen LogP contribution in [0.1, 0.15) is 23.7 Å². The summed E-state index contributed by atoms with van der Waals surface area (Å²) in [6.07, 6.45) is 3.27. The van der Waals surface area contributed by atoms with Crippen LogP contribution in [0.25, 0.3) is 0 Å². The van der Waals surface area contributed by atoms with Crippen LogP contribution in [0.3, 0.4) is 0 Å². The van der Waals surface area contributed by atoms with Gasteiger partial charge in [0, 0.05) is 12.2 Å². The molecular formula is C13H15N5O. The van der Waals surface area contributed by atoms with E-state index in [1.165, 1.54) is 0 Å². The zero-order chi connectivity index (χ0) is 13.2. The number of anilines is 1. The van der Waals surface area contributed by atoms with Gasteiger partial charge in [-0.05, 0) is 24.5 Å². The van der Waals surface area contributed by atoms with Gasteiger partial charge in [-0.1, -0.05) is 23.4 Å². The molecule has 19 heavy (non-hydrogen) atoms. The van der Waals surface area contributed by atoms with Crippen molar-refractivity contribution >= 4 is 11.6 Å². The lowest BCUT2D eigenvalue weighted by molar-refractivity contribution is -0.119. The van der Waals surface area contributed by atoms with Gasteiger partial charge in [0.05, 0.1) is 11.9 Å². The topological polar surface area (TPSA) is 85.8 Å². The summed E-state index contributed by atoms with van der Waals surface area (Å²) in [4.78, 5) is 12.2. The molecular weight excluding hydrogens is 242 g/mol. The lowest BCUT2D eigenvalue weighted by Gasteiger charge is -2.12. The first-order valence-corrected chi connectivity index (χ1v) is 6.27. The van der Waals surface area contributed by atoms with E-state index in [0.717, 1.165) is 17.7 Å². The number of hydrogen-bond acceptors (Lipinski definition) is 4. The molecule has 1 aromatic carbocycles. The third kappa shape index (κ3) is 2.22. The number of nitrogens with zero attached hydrogens (tertiary/aromatic N) is 3. The number of benzene rings is 1. The van der Waals surface area contributed by atoms with E-state index in [2.05, 4.69) is 15.6 Å². The van der Waals surface area contributed by atoms with Crippen LogP contribution in [0, 0.1) is 0 Å². The van der Waals surface area contributed by atoms with Gasteiger partial charge in [-0.3, -0.25) is 4.79 Å². The van der Waals surface area contributed by atoms with Crippen molar-refractivity contribution in [3.05, 3.63) is 41.7 Å². The smallest absolute Gasteiger partial charge is 0.249 e. The predicted octanol–water partition coefficient (Wildman–Crippen LogP) is 0.863. The van der Waals surface area contributed by atoms with E-state index in [4.69, 9.17) is 5.73 Å². The number of aryl methyl sites for hydroxylation is 1. The van der Waals surface area contributed by atoms with Gasteiger partial charge >= 0.3 is 0 Å². The van der Waals surface area contributed by atoms with Crippen molar-refractivity contribution in [1.29, 1.82) is 0 Å². The van der Waals surface area contributed by atoms with Crippen LogP contribution in [0.2, 0.25) is 0 Å². The van der Waals surface area contributed by atoms with Crippen LogP contribution < -0.4 is 11.1 Å². The number of carbonyl (C=O) groups excluding carboxylic acids is 1. The molecule has 2 aromatic rings. The first kappa shape index (κ1) is 11.9. The first-order valence-electron chi connectivity index (χ1n) is 6.27. The molecule has 0 fully saturated rings. The fourth-order valence-electron chi connectivity index (χ4n) is 2.31. The molecule has 3 rings (SSSR count). The van der Waals surface area contributed by atoms with Gasteiger partial charge in [-0.2, -0.15) is 0 Å². The molecule has 6 nitrogen and oxygen atoms in total. The van der Waals surface area contributed by atoms with Crippen LogP contribution in [-0.4, -0.2) is 20.9 Å². The molecule has 0 aliphatic carbocycles. The van der Waals surface area contributed by atoms with Gasteiger partial charge in [0.1, 0.15) is 6.04 Å². The molecule has 2 heterocycles. The second kappa shape index (κ2) is 4.81. The SMILES string of the molecule is NCc1cn(C2CCc3ccccc3NC2=O)nn1. The van der Waals surface area contributed by atoms with E-state index in [1.54, 1.807) is 10.9 Å². The van der Waals surface area contributed by atoms with E-state index in [9.17, 15) is 4.79 Å². The molecule has 1 unspecified atom stereocenters. The summed E-state index contributed by atoms with van der Waals surface area (Å²) in [7, 11) is 0. The second-order valence-corrected chi connectivity index (χ2v) is 4.59. The molecule has 1 aromatic heterocycles. The Morgan fingerprint density at radius 2 is 2.26 bits per heavy atom. The number of para-hydroxylation sites is 1. The molecule has 1 aliphatic heterocycles. The largest absolute Gasteiger partial charge is 0.325 e. The van der Waals surface area contributed by atoms with Crippen LogP contribution in [0.5, 0.6) is 0 Å². The van der Waals surface area contributed by atoms with E-state index in [1.807, 2.05) is 24.3 Å². The normalized spacial score (nSPS) is 18.6. The molecule has 0 bridgehead atoms. The first-order chi connectivity index (χ1) is 9.28. The third-order valence-electron chi connectivity index (χ3n) is 3.35. The molecule has 0 radical (unpaired) electrons. The minimum atomic E-state index is -0.333. The maximum atomic E-state index is 12.2. The fourth-order valence-corrected chi connectivity index (χ4v) is 2.31. The average Bonchev–Trinajstić information content (AvgIpc) is 2.83. The summed E-state index contributed by atoms with van der Waals surface area (Å²) in [6, 6.07) is 7.52. The molecule has 0 spiro atoms. The van der Waals surface area contributed by atoms with Crippen LogP contribution in [0.15, 0.2) is 30.5 Å². The van der Waals surface area contributed by atoms with Crippen LogP contribution in [0.4, 0.5) is 5.69 Å². The van der Waals surface area contributed by atoms with E-state index >= 15 is 0 Å². The number of nitrogens with one attached hydrogen (secondary N) is 1. The minimum Gasteiger partial charge on any atom is -0.325 e. The van der Waals surface area contributed by atoms with Crippen molar-refractivity contribution in [2.45, 2.75) is 25.4 Å². The maximum Gasteiger partial charge on any atom is 0.249 e. The Morgan fingerprint density at radius 3 is 3.05 bits per heavy atom. The van der Waals surface area contributed by atoms with Crippen LogP contribution >= 0.6 is 0 Å². The lowest BCUT2D eigenvalue weighted by Crippen LogP contribution is -2.25. The highest BCUT2D eigenvalue weighted by Gasteiger charge is 2.25. The van der Waals surface area contributed by atoms with Crippen molar-refractivity contribution in [3.63, 3.8) is 0 Å². The number of amides is 1. The zero-order valence-electron chi connectivity index (χ0n) is 10.4. The Hall–Kier alpha value is -2.21. The van der Waals surface area contributed by atoms with Crippen molar-refractivity contribution < 1.29 is 4.79 Å². The highest BCUT2D eigenvalue weighted by molar-refractivity contribution is 5.95. The molecule has 1 aliphatic rings. The van der Waals surface area contributed by atoms with Crippen molar-refractivity contribution in [3.8, 4) is 0 Å². The Kier molecular flexibility index (Phi) is 3.00. The lowest BCUT2D eigenvalue weighted by atomic mass is 10.1. The Bertz CT molecular complexity index is 607. The Morgan fingerprint density at radius 1 is 1.42 bits per heavy atom. The Balaban J connectivity index is 1.88. The van der Waals surface area contributed by atoms with Crippen molar-refractivity contribution in [2.24, 2.45) is 5.73 Å². The summed E-state index contributed by atoms with van der Waals surface area (Å²) in [5, 5.41) is 10.9. The summed E-state index contributed by atoms with van der Waals surface area (Å²) < 4.78 is 1.60. The molecule has 0 saturated carbocycles. The Labute approximate surface area is 110 Å². The predicted molar refractivity (Wildman–Crippen MR) is 70.3 cm³/mol. The van der Waals surface area contributed by atoms with Gasteiger partial charge in [0.25, 0.3) is 0 Å². The van der Waals surface area contributed by atoms with E-state index < -0.39 is 0 Å². The third-order valence-corrected chi connectivity index (χ3v) is 3.35. The number of hydrogen-bond donors (Lipinski definition) is 2. The number of nitrogens with two attached hydrogens (primary N) is 1. The minimum absolute atomic E-state index is 0.0570. The van der Waals surface area contributed by atoms with Crippen molar-refractivity contribution in [2.75, 3.05) is 5.32 Å². The maximum absolute atomic E-state index is 12.2. The summed E-state index contributed by atoms with van der Waals surface area (Å²) in [6.45, 7) is 0.328. The zero-order valence-corrected chi connectivity index (χ0v) is 10.4. The second-order valence-electron chi connectivity index (χ2n) is 4.59. The molecule has 0 saturated heterocycles. The fraction of sp³-hybridized carbons (Fsp3) is 0.308. The van der Waals surface area contributed by atoms with Crippen molar-refractivity contribution in [1.82, 2.24) is 15.0 Å². The number of aromatic nitrogens is 3. The number of fused-ring (bicyclic) bond motifs is 1. The quantitative estimate of drug-likeness (QED) is 0.835. The molecule has 98 valence electrons. The van der Waals surface area contributed by atoms with Crippen LogP contribution in [-0.2, 0) is 17.8 Å². The molecule has 1 atom stereocenters. The van der Waals surface area contributed by atoms with Gasteiger partial charge in [-0.25, -0.2) is 4.68 Å². The number of rotatable bonds is 2. The molecule has 6 heteroatoms. The summed E-state index contributed by atoms with van der Waals surface area (Å²) in [5.41, 5.74) is 8.23. The summed E-state index contributed by atoms with van der Waals surface area (Å²) in [5.74, 6) is -0.0570. The van der Waals surface area contributed by atoms with Gasteiger partial charge < -0.3 is 11.1 Å². The van der Waals surface area contributed by atoms with Gasteiger partial charge in [0.2, 0.25) is 5.91 Å². The van der Waals surface area contributed by atoms with E-state index in [-0.39, 0.29) is 11.9 Å². The highest BCUT2D eigenvalue weighted by atomic mass is 16.2.